The summed E-state index contributed by atoms with van der Waals surface area (Å²) in [4.78, 5) is 23.9. The highest BCUT2D eigenvalue weighted by Gasteiger charge is 2.17. The van der Waals surface area contributed by atoms with Crippen LogP contribution >= 0.6 is 0 Å². The number of carbonyl (C=O) groups excluding carboxylic acids is 1. The van der Waals surface area contributed by atoms with Gasteiger partial charge in [0, 0.05) is 6.04 Å². The Hall–Kier alpha value is -2.08. The molecule has 1 amide bonds. The maximum absolute atomic E-state index is 11.7. The molecule has 6 nitrogen and oxygen atoms in total. The molecule has 1 atom stereocenters. The Bertz CT molecular complexity index is 476. The van der Waals surface area contributed by atoms with Crippen LogP contribution in [0.1, 0.15) is 25.5 Å². The number of carboxylic acids is 1. The highest BCUT2D eigenvalue weighted by atomic mass is 16.4. The summed E-state index contributed by atoms with van der Waals surface area (Å²) in [5, 5.41) is 20.3. The largest absolute Gasteiger partial charge is 0.508 e. The molecule has 0 radical (unpaired) electrons. The third-order valence-corrected chi connectivity index (χ3v) is 3.09. The molecular weight excluding hydrogens is 260 g/mol. The lowest BCUT2D eigenvalue weighted by Gasteiger charge is -2.27. The third-order valence-electron chi connectivity index (χ3n) is 3.09. The fourth-order valence-corrected chi connectivity index (χ4v) is 1.93. The first kappa shape index (κ1) is 16.0. The van der Waals surface area contributed by atoms with Crippen molar-refractivity contribution in [1.29, 1.82) is 0 Å². The van der Waals surface area contributed by atoms with E-state index in [1.807, 2.05) is 24.8 Å². The number of aromatic hydroxyl groups is 1. The van der Waals surface area contributed by atoms with Crippen LogP contribution in [0.2, 0.25) is 0 Å². The molecule has 0 fully saturated rings. The van der Waals surface area contributed by atoms with Crippen molar-refractivity contribution in [3.63, 3.8) is 0 Å². The number of hydrogen-bond donors (Lipinski definition) is 3. The molecule has 0 heterocycles. The van der Waals surface area contributed by atoms with Gasteiger partial charge >= 0.3 is 5.97 Å². The Labute approximate surface area is 118 Å². The summed E-state index contributed by atoms with van der Waals surface area (Å²) in [7, 11) is 0. The number of amides is 1. The average Bonchev–Trinajstić information content (AvgIpc) is 2.41. The molecule has 0 bridgehead atoms. The van der Waals surface area contributed by atoms with Gasteiger partial charge in [-0.15, -0.1) is 0 Å². The first-order valence-electron chi connectivity index (χ1n) is 6.45. The smallest absolute Gasteiger partial charge is 0.322 e. The number of nitrogens with zero attached hydrogens (tertiary/aromatic N) is 1. The van der Waals surface area contributed by atoms with Gasteiger partial charge in [0.15, 0.2) is 0 Å². The van der Waals surface area contributed by atoms with Crippen molar-refractivity contribution in [3.8, 4) is 5.75 Å². The monoisotopic (exact) mass is 280 g/mol. The molecule has 0 spiro atoms. The summed E-state index contributed by atoms with van der Waals surface area (Å²) in [6.07, 6.45) is 0. The van der Waals surface area contributed by atoms with Gasteiger partial charge in [-0.3, -0.25) is 14.5 Å². The number of likely N-dealkylation sites (N-methyl/N-ethyl adjacent to an activating group) is 1. The van der Waals surface area contributed by atoms with Crippen LogP contribution in [0.15, 0.2) is 24.3 Å². The number of nitrogens with one attached hydrogen (secondary N) is 1. The minimum absolute atomic E-state index is 0.0531. The van der Waals surface area contributed by atoms with E-state index in [1.165, 1.54) is 0 Å². The Morgan fingerprint density at radius 1 is 1.40 bits per heavy atom. The summed E-state index contributed by atoms with van der Waals surface area (Å²) >= 11 is 0. The van der Waals surface area contributed by atoms with Crippen LogP contribution in [0.25, 0.3) is 0 Å². The zero-order valence-electron chi connectivity index (χ0n) is 11.7. The van der Waals surface area contributed by atoms with E-state index in [1.54, 1.807) is 18.2 Å². The molecule has 3 N–H and O–H groups in total. The quantitative estimate of drug-likeness (QED) is 0.692. The molecule has 110 valence electrons. The number of benzene rings is 1. The summed E-state index contributed by atoms with van der Waals surface area (Å²) < 4.78 is 0. The molecule has 6 heteroatoms. The molecule has 20 heavy (non-hydrogen) atoms. The van der Waals surface area contributed by atoms with Gasteiger partial charge in [-0.2, -0.15) is 0 Å². The van der Waals surface area contributed by atoms with E-state index in [9.17, 15) is 14.7 Å². The molecule has 0 aliphatic carbocycles. The van der Waals surface area contributed by atoms with Crippen molar-refractivity contribution in [2.45, 2.75) is 19.9 Å². The second-order valence-corrected chi connectivity index (χ2v) is 4.50. The van der Waals surface area contributed by atoms with Crippen LogP contribution in [0, 0.1) is 0 Å². The molecule has 1 aromatic rings. The van der Waals surface area contributed by atoms with E-state index in [2.05, 4.69) is 5.32 Å². The normalized spacial score (nSPS) is 12.2. The molecule has 0 saturated heterocycles. The predicted octanol–water partition coefficient (Wildman–Crippen LogP) is 0.976. The fourth-order valence-electron chi connectivity index (χ4n) is 1.93. The minimum atomic E-state index is -1.07. The standard InChI is InChI=1S/C14H20N2O4/c1-3-16(9-13(18)15-8-14(19)20)10(2)11-5-4-6-12(17)7-11/h4-7,10,17H,3,8-9H2,1-2H3,(H,15,18)(H,19,20). The fraction of sp³-hybridized carbons (Fsp3) is 0.429. The van der Waals surface area contributed by atoms with Gasteiger partial charge in [0.25, 0.3) is 0 Å². The maximum atomic E-state index is 11.7. The van der Waals surface area contributed by atoms with Crippen molar-refractivity contribution >= 4 is 11.9 Å². The van der Waals surface area contributed by atoms with Crippen LogP contribution in [-0.4, -0.2) is 46.6 Å². The van der Waals surface area contributed by atoms with Crippen LogP contribution in [0.4, 0.5) is 0 Å². The van der Waals surface area contributed by atoms with Gasteiger partial charge in [0.05, 0.1) is 6.54 Å². The van der Waals surface area contributed by atoms with Crippen molar-refractivity contribution in [2.75, 3.05) is 19.6 Å². The number of phenols is 1. The van der Waals surface area contributed by atoms with Crippen LogP contribution < -0.4 is 5.32 Å². The third kappa shape index (κ3) is 4.89. The highest BCUT2D eigenvalue weighted by Crippen LogP contribution is 2.22. The minimum Gasteiger partial charge on any atom is -0.508 e. The second kappa shape index (κ2) is 7.49. The first-order valence-corrected chi connectivity index (χ1v) is 6.45. The zero-order chi connectivity index (χ0) is 15.1. The molecular formula is C14H20N2O4. The molecule has 1 aromatic carbocycles. The molecule has 0 aliphatic heterocycles. The zero-order valence-corrected chi connectivity index (χ0v) is 11.7. The summed E-state index contributed by atoms with van der Waals surface area (Å²) in [5.74, 6) is -1.22. The van der Waals surface area contributed by atoms with Crippen molar-refractivity contribution in [2.24, 2.45) is 0 Å². The van der Waals surface area contributed by atoms with Gasteiger partial charge in [0.2, 0.25) is 5.91 Å². The van der Waals surface area contributed by atoms with Gasteiger partial charge in [-0.05, 0) is 31.2 Å². The van der Waals surface area contributed by atoms with Crippen LogP contribution in [0.5, 0.6) is 5.75 Å². The van der Waals surface area contributed by atoms with Crippen molar-refractivity contribution in [1.82, 2.24) is 10.2 Å². The summed E-state index contributed by atoms with van der Waals surface area (Å²) in [6.45, 7) is 4.22. The van der Waals surface area contributed by atoms with Crippen molar-refractivity contribution in [3.05, 3.63) is 29.8 Å². The lowest BCUT2D eigenvalue weighted by atomic mass is 10.1. The lowest BCUT2D eigenvalue weighted by Crippen LogP contribution is -2.40. The Balaban J connectivity index is 2.65. The van der Waals surface area contributed by atoms with Gasteiger partial charge < -0.3 is 15.5 Å². The summed E-state index contributed by atoms with van der Waals surface area (Å²) in [5.41, 5.74) is 0.901. The Morgan fingerprint density at radius 3 is 2.65 bits per heavy atom. The number of carboxylic acid groups (broad SMARTS) is 1. The number of carbonyl (C=O) groups is 2. The van der Waals surface area contributed by atoms with E-state index >= 15 is 0 Å². The Morgan fingerprint density at radius 2 is 2.10 bits per heavy atom. The highest BCUT2D eigenvalue weighted by molar-refractivity contribution is 5.82. The lowest BCUT2D eigenvalue weighted by molar-refractivity contribution is -0.138. The number of rotatable bonds is 7. The molecule has 0 aliphatic rings. The number of hydrogen-bond acceptors (Lipinski definition) is 4. The average molecular weight is 280 g/mol. The maximum Gasteiger partial charge on any atom is 0.322 e. The summed E-state index contributed by atoms with van der Waals surface area (Å²) in [6, 6.07) is 6.82. The van der Waals surface area contributed by atoms with Crippen LogP contribution in [0.3, 0.4) is 0 Å². The molecule has 1 rings (SSSR count). The molecule has 0 saturated carbocycles. The van der Waals surface area contributed by atoms with Gasteiger partial charge in [-0.25, -0.2) is 0 Å². The predicted molar refractivity (Wildman–Crippen MR) is 74.4 cm³/mol. The second-order valence-electron chi connectivity index (χ2n) is 4.50. The van der Waals surface area contributed by atoms with E-state index in [-0.39, 0.29) is 30.8 Å². The number of aliphatic carboxylic acids is 1. The molecule has 0 aromatic heterocycles. The van der Waals surface area contributed by atoms with Gasteiger partial charge in [-0.1, -0.05) is 19.1 Å². The van der Waals surface area contributed by atoms with Crippen LogP contribution in [-0.2, 0) is 9.59 Å². The van der Waals surface area contributed by atoms with E-state index in [0.29, 0.717) is 6.54 Å². The number of phenolic OH excluding ortho intramolecular Hbond substituents is 1. The molecule has 1 unspecified atom stereocenters. The topological polar surface area (TPSA) is 89.9 Å². The Kier molecular flexibility index (Phi) is 5.99. The SMILES string of the molecule is CCN(CC(=O)NCC(=O)O)C(C)c1cccc(O)c1. The van der Waals surface area contributed by atoms with E-state index in [4.69, 9.17) is 5.11 Å². The first-order chi connectivity index (χ1) is 9.43. The van der Waals surface area contributed by atoms with Crippen molar-refractivity contribution < 1.29 is 19.8 Å². The van der Waals surface area contributed by atoms with Gasteiger partial charge in [0.1, 0.15) is 12.3 Å². The van der Waals surface area contributed by atoms with E-state index in [0.717, 1.165) is 5.56 Å². The van der Waals surface area contributed by atoms with E-state index < -0.39 is 5.97 Å².